The standard InChI is InChI=1S/C24H29FN6O4.ClH/c1-2-30-19(26)18-21(29-22(30)24(34)9-4-3-5-10-24)31(12-14-35-13-11-27-23(32)33)20(28-18)16-7-6-8-17(25)15-16;/h1,6-8,15,19,27,34H,3-5,9-14,26H2,(H,32,33);1H. The zero-order valence-corrected chi connectivity index (χ0v) is 20.5. The lowest BCUT2D eigenvalue weighted by molar-refractivity contribution is 0.0583. The predicted octanol–water partition coefficient (Wildman–Crippen LogP) is 2.98. The Bertz CT molecular complexity index is 1160. The van der Waals surface area contributed by atoms with Crippen LogP contribution in [-0.2, 0) is 11.3 Å². The molecule has 0 spiro atoms. The maximum absolute atomic E-state index is 14.0. The average molecular weight is 521 g/mol. The molecule has 2 heterocycles. The number of amides is 1. The smallest absolute Gasteiger partial charge is 0.404 e. The van der Waals surface area contributed by atoms with Crippen molar-refractivity contribution >= 4 is 30.2 Å². The molecular formula is C24H30ClFN6O4. The van der Waals surface area contributed by atoms with Gasteiger partial charge >= 0.3 is 6.09 Å². The van der Waals surface area contributed by atoms with Gasteiger partial charge in [0.1, 0.15) is 29.1 Å². The maximum Gasteiger partial charge on any atom is 0.404 e. The van der Waals surface area contributed by atoms with E-state index in [0.717, 1.165) is 19.3 Å². The largest absolute Gasteiger partial charge is 0.465 e. The van der Waals surface area contributed by atoms with E-state index in [0.29, 0.717) is 48.1 Å². The number of halogens is 2. The summed E-state index contributed by atoms with van der Waals surface area (Å²) < 4.78 is 21.4. The highest BCUT2D eigenvalue weighted by atomic mass is 35.5. The number of fused-ring (bicyclic) bond motifs is 1. The quantitative estimate of drug-likeness (QED) is 0.310. The molecule has 0 radical (unpaired) electrons. The number of nitrogens with zero attached hydrogens (tertiary/aromatic N) is 4. The lowest BCUT2D eigenvalue weighted by Gasteiger charge is -2.40. The predicted molar refractivity (Wildman–Crippen MR) is 134 cm³/mol. The SMILES string of the molecule is C#CN1C(C2(O)CCCCC2)=Nc2c(nc(-c3cccc(F)c3)n2CCOCCNC(=O)O)C1N.Cl. The fourth-order valence-electron chi connectivity index (χ4n) is 4.57. The van der Waals surface area contributed by atoms with Gasteiger partial charge in [0, 0.05) is 24.7 Å². The maximum atomic E-state index is 14.0. The first-order chi connectivity index (χ1) is 16.8. The molecule has 194 valence electrons. The van der Waals surface area contributed by atoms with Gasteiger partial charge in [0.25, 0.3) is 0 Å². The molecule has 1 aromatic heterocycles. The van der Waals surface area contributed by atoms with E-state index in [4.69, 9.17) is 27.0 Å². The van der Waals surface area contributed by atoms with Gasteiger partial charge in [-0.15, -0.1) is 12.4 Å². The van der Waals surface area contributed by atoms with Crippen molar-refractivity contribution in [3.05, 3.63) is 35.8 Å². The summed E-state index contributed by atoms with van der Waals surface area (Å²) in [5.41, 5.74) is 6.26. The Kier molecular flexibility index (Phi) is 8.92. The number of nitrogens with one attached hydrogen (secondary N) is 1. The number of carbonyl (C=O) groups is 1. The fraction of sp³-hybridized carbons (Fsp3) is 0.458. The van der Waals surface area contributed by atoms with Crippen molar-refractivity contribution in [3.8, 4) is 23.9 Å². The molecule has 4 rings (SSSR count). The van der Waals surface area contributed by atoms with Crippen LogP contribution in [0.4, 0.5) is 15.0 Å². The number of carboxylic acid groups (broad SMARTS) is 1. The molecule has 2 aromatic rings. The summed E-state index contributed by atoms with van der Waals surface area (Å²) in [5.74, 6) is 0.777. The first-order valence-electron chi connectivity index (χ1n) is 11.6. The van der Waals surface area contributed by atoms with E-state index in [1.807, 2.05) is 0 Å². The van der Waals surface area contributed by atoms with Gasteiger partial charge in [0.15, 0.2) is 11.7 Å². The van der Waals surface area contributed by atoms with Crippen LogP contribution < -0.4 is 11.1 Å². The third-order valence-corrected chi connectivity index (χ3v) is 6.27. The molecule has 12 heteroatoms. The monoisotopic (exact) mass is 520 g/mol. The highest BCUT2D eigenvalue weighted by molar-refractivity contribution is 5.95. The van der Waals surface area contributed by atoms with Crippen LogP contribution in [0.2, 0.25) is 0 Å². The van der Waals surface area contributed by atoms with Crippen molar-refractivity contribution in [3.63, 3.8) is 0 Å². The minimum absolute atomic E-state index is 0. The van der Waals surface area contributed by atoms with Gasteiger partial charge in [-0.05, 0) is 25.0 Å². The van der Waals surface area contributed by atoms with Gasteiger partial charge < -0.3 is 30.6 Å². The molecule has 0 bridgehead atoms. The van der Waals surface area contributed by atoms with Crippen molar-refractivity contribution in [1.29, 1.82) is 0 Å². The Morgan fingerprint density at radius 3 is 2.75 bits per heavy atom. The number of amidine groups is 1. The van der Waals surface area contributed by atoms with E-state index in [-0.39, 0.29) is 32.2 Å². The van der Waals surface area contributed by atoms with E-state index in [2.05, 4.69) is 16.3 Å². The molecule has 2 aliphatic rings. The number of rotatable bonds is 8. The van der Waals surface area contributed by atoms with E-state index >= 15 is 0 Å². The third kappa shape index (κ3) is 5.63. The van der Waals surface area contributed by atoms with E-state index in [1.54, 1.807) is 16.7 Å². The van der Waals surface area contributed by atoms with Crippen LogP contribution in [0.3, 0.4) is 0 Å². The Hall–Kier alpha value is -3.17. The molecule has 1 aliphatic heterocycles. The summed E-state index contributed by atoms with van der Waals surface area (Å²) in [6, 6.07) is 8.58. The number of imidazole rings is 1. The highest BCUT2D eigenvalue weighted by Crippen LogP contribution is 2.40. The Balaban J connectivity index is 0.00000361. The summed E-state index contributed by atoms with van der Waals surface area (Å²) in [6.07, 6.45) is 7.59. The lowest BCUT2D eigenvalue weighted by Crippen LogP contribution is -2.52. The highest BCUT2D eigenvalue weighted by Gasteiger charge is 2.43. The number of aliphatic imine (C=N–C) groups is 1. The van der Waals surface area contributed by atoms with Gasteiger partial charge in [-0.1, -0.05) is 37.8 Å². The van der Waals surface area contributed by atoms with Crippen LogP contribution in [-0.4, -0.2) is 62.0 Å². The lowest BCUT2D eigenvalue weighted by atomic mass is 9.83. The second-order valence-corrected chi connectivity index (χ2v) is 8.62. The van der Waals surface area contributed by atoms with Crippen molar-refractivity contribution in [2.75, 3.05) is 19.8 Å². The van der Waals surface area contributed by atoms with Crippen LogP contribution in [0.15, 0.2) is 29.3 Å². The molecular weight excluding hydrogens is 491 g/mol. The summed E-state index contributed by atoms with van der Waals surface area (Å²) >= 11 is 0. The Labute approximate surface area is 214 Å². The second-order valence-electron chi connectivity index (χ2n) is 8.62. The van der Waals surface area contributed by atoms with Gasteiger partial charge in [-0.25, -0.2) is 19.2 Å². The molecule has 10 nitrogen and oxygen atoms in total. The van der Waals surface area contributed by atoms with Crippen LogP contribution in [0.5, 0.6) is 0 Å². The van der Waals surface area contributed by atoms with Gasteiger partial charge in [0.05, 0.1) is 13.2 Å². The third-order valence-electron chi connectivity index (χ3n) is 6.27. The van der Waals surface area contributed by atoms with Gasteiger partial charge in [-0.3, -0.25) is 4.90 Å². The van der Waals surface area contributed by atoms with Crippen LogP contribution in [0.1, 0.15) is 44.0 Å². The number of aromatic nitrogens is 2. The van der Waals surface area contributed by atoms with Crippen molar-refractivity contribution in [1.82, 2.24) is 19.8 Å². The van der Waals surface area contributed by atoms with Crippen molar-refractivity contribution < 1.29 is 24.1 Å². The summed E-state index contributed by atoms with van der Waals surface area (Å²) in [4.78, 5) is 21.5. The van der Waals surface area contributed by atoms with Gasteiger partial charge in [0.2, 0.25) is 0 Å². The minimum atomic E-state index is -1.20. The van der Waals surface area contributed by atoms with Crippen LogP contribution in [0, 0.1) is 18.3 Å². The molecule has 1 saturated carbocycles. The summed E-state index contributed by atoms with van der Waals surface area (Å²) in [7, 11) is 0. The van der Waals surface area contributed by atoms with Gasteiger partial charge in [-0.2, -0.15) is 0 Å². The molecule has 1 amide bonds. The second kappa shape index (κ2) is 11.7. The normalized spacial score (nSPS) is 18.4. The number of nitrogens with two attached hydrogens (primary N) is 1. The van der Waals surface area contributed by atoms with E-state index < -0.39 is 23.7 Å². The molecule has 0 saturated heterocycles. The van der Waals surface area contributed by atoms with Crippen LogP contribution in [0.25, 0.3) is 11.4 Å². The first kappa shape index (κ1) is 27.4. The van der Waals surface area contributed by atoms with Crippen molar-refractivity contribution in [2.45, 2.75) is 50.4 Å². The van der Waals surface area contributed by atoms with E-state index in [1.165, 1.54) is 17.0 Å². The topological polar surface area (TPSA) is 138 Å². The summed E-state index contributed by atoms with van der Waals surface area (Å²) in [5, 5.41) is 22.3. The zero-order chi connectivity index (χ0) is 25.0. The Morgan fingerprint density at radius 1 is 1.33 bits per heavy atom. The fourth-order valence-corrected chi connectivity index (χ4v) is 4.57. The van der Waals surface area contributed by atoms with E-state index in [9.17, 15) is 14.3 Å². The summed E-state index contributed by atoms with van der Waals surface area (Å²) in [6.45, 7) is 0.831. The number of ether oxygens (including phenoxy) is 1. The molecule has 1 unspecified atom stereocenters. The zero-order valence-electron chi connectivity index (χ0n) is 19.7. The molecule has 1 fully saturated rings. The van der Waals surface area contributed by atoms with Crippen LogP contribution >= 0.6 is 12.4 Å². The number of hydrogen-bond acceptors (Lipinski definition) is 7. The Morgan fingerprint density at radius 2 is 2.08 bits per heavy atom. The number of benzene rings is 1. The van der Waals surface area contributed by atoms with Crippen molar-refractivity contribution in [2.24, 2.45) is 10.7 Å². The number of hydrogen-bond donors (Lipinski definition) is 4. The minimum Gasteiger partial charge on any atom is -0.465 e. The molecule has 1 atom stereocenters. The first-order valence-corrected chi connectivity index (χ1v) is 11.6. The molecule has 36 heavy (non-hydrogen) atoms. The number of aliphatic hydroxyl groups is 1. The average Bonchev–Trinajstić information content (AvgIpc) is 3.20. The molecule has 1 aliphatic carbocycles. The molecule has 5 N–H and O–H groups in total. The molecule has 1 aromatic carbocycles. The number of terminal acetylenes is 1.